The fourth-order valence-electron chi connectivity index (χ4n) is 2.48. The number of para-hydroxylation sites is 4. The summed E-state index contributed by atoms with van der Waals surface area (Å²) in [6.45, 7) is -0.512. The van der Waals surface area contributed by atoms with Gasteiger partial charge in [0.2, 0.25) is 5.91 Å². The van der Waals surface area contributed by atoms with Gasteiger partial charge in [-0.2, -0.15) is 8.42 Å². The fourth-order valence-corrected chi connectivity index (χ4v) is 3.13. The standard InChI is InChI=1S/C15H12N4O6S/c20-14(16-11-6-2-4-8-13(11)19(21)22)9-18-12-7-3-1-5-10(12)17-15(18)26(23,24)25/h1-8H,9H2,(H,16,20)(H,23,24,25). The molecule has 0 saturated heterocycles. The molecule has 0 aliphatic heterocycles. The van der Waals surface area contributed by atoms with Crippen molar-refractivity contribution >= 4 is 38.4 Å². The van der Waals surface area contributed by atoms with Crippen LogP contribution in [0.25, 0.3) is 11.0 Å². The van der Waals surface area contributed by atoms with Gasteiger partial charge in [-0.15, -0.1) is 0 Å². The van der Waals surface area contributed by atoms with E-state index in [0.29, 0.717) is 5.52 Å². The molecule has 0 spiro atoms. The number of aromatic nitrogens is 2. The first-order chi connectivity index (χ1) is 12.3. The molecule has 0 aliphatic carbocycles. The van der Waals surface area contributed by atoms with E-state index in [-0.39, 0.29) is 16.9 Å². The largest absolute Gasteiger partial charge is 0.328 e. The molecule has 0 fully saturated rings. The van der Waals surface area contributed by atoms with Gasteiger partial charge in [0.05, 0.1) is 16.0 Å². The second kappa shape index (κ2) is 6.54. The molecule has 11 heteroatoms. The van der Waals surface area contributed by atoms with Crippen molar-refractivity contribution in [1.29, 1.82) is 0 Å². The van der Waals surface area contributed by atoms with Gasteiger partial charge in [0.1, 0.15) is 12.2 Å². The summed E-state index contributed by atoms with van der Waals surface area (Å²) in [5, 5.41) is 12.7. The lowest BCUT2D eigenvalue weighted by atomic mass is 10.2. The van der Waals surface area contributed by atoms with Gasteiger partial charge in [0, 0.05) is 6.07 Å². The molecule has 3 aromatic rings. The molecule has 0 radical (unpaired) electrons. The van der Waals surface area contributed by atoms with Crippen LogP contribution in [0, 0.1) is 10.1 Å². The molecule has 26 heavy (non-hydrogen) atoms. The number of nitrogens with zero attached hydrogens (tertiary/aromatic N) is 3. The van der Waals surface area contributed by atoms with Gasteiger partial charge >= 0.3 is 10.1 Å². The van der Waals surface area contributed by atoms with Gasteiger partial charge in [-0.3, -0.25) is 19.5 Å². The Kier molecular flexibility index (Phi) is 4.40. The number of hydrogen-bond acceptors (Lipinski definition) is 6. The van der Waals surface area contributed by atoms with Crippen LogP contribution in [0.2, 0.25) is 0 Å². The number of nitro benzene ring substituents is 1. The molecule has 0 bridgehead atoms. The summed E-state index contributed by atoms with van der Waals surface area (Å²) in [5.74, 6) is -0.715. The Morgan fingerprint density at radius 2 is 1.85 bits per heavy atom. The third-order valence-electron chi connectivity index (χ3n) is 3.53. The van der Waals surface area contributed by atoms with E-state index >= 15 is 0 Å². The summed E-state index contributed by atoms with van der Waals surface area (Å²) in [6.07, 6.45) is 0. The average molecular weight is 376 g/mol. The number of rotatable bonds is 5. The Bertz CT molecular complexity index is 1120. The fraction of sp³-hybridized carbons (Fsp3) is 0.0667. The number of hydrogen-bond donors (Lipinski definition) is 2. The zero-order valence-electron chi connectivity index (χ0n) is 13.1. The first-order valence-electron chi connectivity index (χ1n) is 7.23. The number of fused-ring (bicyclic) bond motifs is 1. The van der Waals surface area contributed by atoms with E-state index in [1.165, 1.54) is 36.4 Å². The summed E-state index contributed by atoms with van der Waals surface area (Å²) in [7, 11) is -4.67. The Labute approximate surface area is 147 Å². The zero-order valence-corrected chi connectivity index (χ0v) is 13.9. The molecule has 2 aromatic carbocycles. The molecule has 134 valence electrons. The molecule has 0 atom stereocenters. The number of anilines is 1. The minimum atomic E-state index is -4.67. The summed E-state index contributed by atoms with van der Waals surface area (Å²) in [6, 6.07) is 11.9. The number of carbonyl (C=O) groups is 1. The second-order valence-corrected chi connectivity index (χ2v) is 6.58. The third kappa shape index (κ3) is 3.38. The molecule has 0 unspecified atom stereocenters. The van der Waals surface area contributed by atoms with Crippen LogP contribution in [0.3, 0.4) is 0 Å². The maximum absolute atomic E-state index is 12.3. The molecule has 1 aromatic heterocycles. The maximum atomic E-state index is 12.3. The van der Waals surface area contributed by atoms with Crippen LogP contribution in [0.4, 0.5) is 11.4 Å². The number of amides is 1. The Hall–Kier alpha value is -3.31. The Morgan fingerprint density at radius 3 is 2.54 bits per heavy atom. The number of benzene rings is 2. The normalized spacial score (nSPS) is 11.4. The summed E-state index contributed by atoms with van der Waals surface area (Å²) >= 11 is 0. The molecule has 2 N–H and O–H groups in total. The van der Waals surface area contributed by atoms with Crippen LogP contribution in [0.5, 0.6) is 0 Å². The second-order valence-electron chi connectivity index (χ2n) is 5.27. The zero-order chi connectivity index (χ0) is 18.9. The first-order valence-corrected chi connectivity index (χ1v) is 8.67. The molecular weight excluding hydrogens is 364 g/mol. The average Bonchev–Trinajstić information content (AvgIpc) is 2.94. The van der Waals surface area contributed by atoms with Crippen molar-refractivity contribution in [2.45, 2.75) is 11.7 Å². The highest BCUT2D eigenvalue weighted by molar-refractivity contribution is 7.85. The molecule has 1 heterocycles. The highest BCUT2D eigenvalue weighted by Crippen LogP contribution is 2.24. The Morgan fingerprint density at radius 1 is 1.19 bits per heavy atom. The van der Waals surface area contributed by atoms with Gasteiger partial charge in [-0.1, -0.05) is 24.3 Å². The van der Waals surface area contributed by atoms with E-state index in [1.54, 1.807) is 12.1 Å². The number of nitrogens with one attached hydrogen (secondary N) is 1. The van der Waals surface area contributed by atoms with E-state index < -0.39 is 32.6 Å². The van der Waals surface area contributed by atoms with Crippen molar-refractivity contribution in [2.75, 3.05) is 5.32 Å². The lowest BCUT2D eigenvalue weighted by molar-refractivity contribution is -0.383. The van der Waals surface area contributed by atoms with Crippen molar-refractivity contribution in [2.24, 2.45) is 0 Å². The summed E-state index contributed by atoms with van der Waals surface area (Å²) < 4.78 is 33.5. The van der Waals surface area contributed by atoms with Gasteiger partial charge in [-0.25, -0.2) is 4.98 Å². The van der Waals surface area contributed by atoms with Crippen molar-refractivity contribution in [3.05, 3.63) is 58.6 Å². The topological polar surface area (TPSA) is 144 Å². The highest BCUT2D eigenvalue weighted by atomic mass is 32.2. The van der Waals surface area contributed by atoms with Crippen LogP contribution >= 0.6 is 0 Å². The van der Waals surface area contributed by atoms with E-state index in [1.807, 2.05) is 0 Å². The van der Waals surface area contributed by atoms with Crippen molar-refractivity contribution in [1.82, 2.24) is 9.55 Å². The van der Waals surface area contributed by atoms with Gasteiger partial charge in [0.15, 0.2) is 0 Å². The number of carbonyl (C=O) groups excluding carboxylic acids is 1. The monoisotopic (exact) mass is 376 g/mol. The lowest BCUT2D eigenvalue weighted by Crippen LogP contribution is -2.21. The molecule has 10 nitrogen and oxygen atoms in total. The van der Waals surface area contributed by atoms with E-state index in [0.717, 1.165) is 4.57 Å². The molecule has 0 aliphatic rings. The maximum Gasteiger partial charge on any atom is 0.328 e. The summed E-state index contributed by atoms with van der Waals surface area (Å²) in [4.78, 5) is 26.5. The number of nitro groups is 1. The van der Waals surface area contributed by atoms with Crippen LogP contribution in [-0.2, 0) is 21.5 Å². The molecule has 0 saturated carbocycles. The lowest BCUT2D eigenvalue weighted by Gasteiger charge is -2.09. The van der Waals surface area contributed by atoms with Crippen molar-refractivity contribution in [3.63, 3.8) is 0 Å². The van der Waals surface area contributed by atoms with Crippen molar-refractivity contribution < 1.29 is 22.7 Å². The minimum Gasteiger partial charge on any atom is -0.319 e. The predicted octanol–water partition coefficient (Wildman–Crippen LogP) is 1.83. The van der Waals surface area contributed by atoms with E-state index in [9.17, 15) is 27.9 Å². The molecular formula is C15H12N4O6S. The number of imidazole rings is 1. The van der Waals surface area contributed by atoms with Crippen LogP contribution in [-0.4, -0.2) is 33.4 Å². The highest BCUT2D eigenvalue weighted by Gasteiger charge is 2.23. The Balaban J connectivity index is 1.97. The van der Waals surface area contributed by atoms with E-state index in [4.69, 9.17) is 0 Å². The SMILES string of the molecule is O=C(Cn1c(S(=O)(=O)O)nc2ccccc21)Nc1ccccc1[N+](=O)[O-]. The predicted molar refractivity (Wildman–Crippen MR) is 91.3 cm³/mol. The smallest absolute Gasteiger partial charge is 0.319 e. The minimum absolute atomic E-state index is 0.0275. The van der Waals surface area contributed by atoms with Gasteiger partial charge in [-0.05, 0) is 18.2 Å². The van der Waals surface area contributed by atoms with Crippen LogP contribution in [0.15, 0.2) is 53.7 Å². The molecule has 3 rings (SSSR count). The van der Waals surface area contributed by atoms with E-state index in [2.05, 4.69) is 10.3 Å². The van der Waals surface area contributed by atoms with Crippen LogP contribution < -0.4 is 5.32 Å². The quantitative estimate of drug-likeness (QED) is 0.392. The summed E-state index contributed by atoms with van der Waals surface area (Å²) in [5.41, 5.74) is 0.267. The van der Waals surface area contributed by atoms with Gasteiger partial charge < -0.3 is 9.88 Å². The third-order valence-corrected chi connectivity index (χ3v) is 4.30. The van der Waals surface area contributed by atoms with Gasteiger partial charge in [0.25, 0.3) is 10.8 Å². The molecule has 1 amide bonds. The van der Waals surface area contributed by atoms with Crippen molar-refractivity contribution in [3.8, 4) is 0 Å². The van der Waals surface area contributed by atoms with Crippen LogP contribution in [0.1, 0.15) is 0 Å². The first kappa shape index (κ1) is 17.5.